The lowest BCUT2D eigenvalue weighted by molar-refractivity contribution is -0.134. The standard InChI is InChI=1S/C20H22N2O6S2/c1-27-15-6-7-16(28-2)14(13-15)5-9-18(23)21-11-4-12-22(21)20(24)17-8-10-19(29-17)30(3,25)26/h5-10,13H,4,11-12H2,1-3H3. The Morgan fingerprint density at radius 2 is 1.80 bits per heavy atom. The predicted octanol–water partition coefficient (Wildman–Crippen LogP) is 2.47. The summed E-state index contributed by atoms with van der Waals surface area (Å²) in [5.41, 5.74) is 0.665. The van der Waals surface area contributed by atoms with Gasteiger partial charge in [-0.2, -0.15) is 0 Å². The van der Waals surface area contributed by atoms with E-state index in [2.05, 4.69) is 0 Å². The molecule has 8 nitrogen and oxygen atoms in total. The van der Waals surface area contributed by atoms with E-state index in [1.807, 2.05) is 0 Å². The molecule has 10 heteroatoms. The van der Waals surface area contributed by atoms with Crippen molar-refractivity contribution in [1.82, 2.24) is 10.0 Å². The van der Waals surface area contributed by atoms with Crippen molar-refractivity contribution in [3.63, 3.8) is 0 Å². The van der Waals surface area contributed by atoms with Gasteiger partial charge in [-0.3, -0.25) is 9.59 Å². The number of carbonyl (C=O) groups is 2. The van der Waals surface area contributed by atoms with Gasteiger partial charge in [0.05, 0.1) is 19.1 Å². The van der Waals surface area contributed by atoms with Gasteiger partial charge >= 0.3 is 0 Å². The third-order valence-corrected chi connectivity index (χ3v) is 7.41. The first-order valence-electron chi connectivity index (χ1n) is 9.08. The summed E-state index contributed by atoms with van der Waals surface area (Å²) in [6.07, 6.45) is 4.71. The SMILES string of the molecule is COc1ccc(OC)c(C=CC(=O)N2CCCN2C(=O)c2ccc(S(C)(=O)=O)s2)c1. The molecular formula is C20H22N2O6S2. The van der Waals surface area contributed by atoms with Crippen LogP contribution in [0.25, 0.3) is 6.08 Å². The molecule has 30 heavy (non-hydrogen) atoms. The summed E-state index contributed by atoms with van der Waals surface area (Å²) in [7, 11) is -0.302. The second-order valence-electron chi connectivity index (χ2n) is 6.58. The van der Waals surface area contributed by atoms with E-state index in [4.69, 9.17) is 9.47 Å². The molecule has 160 valence electrons. The second kappa shape index (κ2) is 8.88. The number of rotatable bonds is 6. The van der Waals surface area contributed by atoms with Crippen LogP contribution in [0.5, 0.6) is 11.5 Å². The molecule has 0 atom stereocenters. The molecule has 1 aliphatic heterocycles. The summed E-state index contributed by atoms with van der Waals surface area (Å²) < 4.78 is 34.0. The fourth-order valence-corrected chi connectivity index (χ4v) is 4.90. The first kappa shape index (κ1) is 21.8. The molecule has 1 saturated heterocycles. The summed E-state index contributed by atoms with van der Waals surface area (Å²) in [4.78, 5) is 25.9. The van der Waals surface area contributed by atoms with E-state index < -0.39 is 15.7 Å². The number of benzene rings is 1. The number of nitrogens with zero attached hydrogens (tertiary/aromatic N) is 2. The Balaban J connectivity index is 1.78. The number of thiophene rings is 1. The lowest BCUT2D eigenvalue weighted by Crippen LogP contribution is -2.43. The van der Waals surface area contributed by atoms with Crippen molar-refractivity contribution in [2.75, 3.05) is 33.6 Å². The molecule has 0 bridgehead atoms. The zero-order chi connectivity index (χ0) is 21.9. The van der Waals surface area contributed by atoms with Crippen LogP contribution in [-0.2, 0) is 14.6 Å². The Labute approximate surface area is 179 Å². The van der Waals surface area contributed by atoms with E-state index in [9.17, 15) is 18.0 Å². The number of amides is 2. The summed E-state index contributed by atoms with van der Waals surface area (Å²) in [6, 6.07) is 8.12. The summed E-state index contributed by atoms with van der Waals surface area (Å²) >= 11 is 0.902. The average Bonchev–Trinajstić information content (AvgIpc) is 3.40. The molecule has 3 rings (SSSR count). The van der Waals surface area contributed by atoms with Gasteiger partial charge in [0.25, 0.3) is 11.8 Å². The monoisotopic (exact) mass is 450 g/mol. The average molecular weight is 451 g/mol. The van der Waals surface area contributed by atoms with Crippen molar-refractivity contribution in [1.29, 1.82) is 0 Å². The van der Waals surface area contributed by atoms with Gasteiger partial charge in [-0.05, 0) is 42.8 Å². The minimum absolute atomic E-state index is 0.118. The molecule has 0 saturated carbocycles. The third-order valence-electron chi connectivity index (χ3n) is 4.52. The first-order chi connectivity index (χ1) is 14.2. The Kier molecular flexibility index (Phi) is 6.47. The minimum Gasteiger partial charge on any atom is -0.497 e. The maximum atomic E-state index is 12.8. The van der Waals surface area contributed by atoms with Gasteiger partial charge < -0.3 is 9.47 Å². The highest BCUT2D eigenvalue weighted by Crippen LogP contribution is 2.27. The highest BCUT2D eigenvalue weighted by molar-refractivity contribution is 7.92. The number of methoxy groups -OCH3 is 2. The largest absolute Gasteiger partial charge is 0.497 e. The van der Waals surface area contributed by atoms with Crippen molar-refractivity contribution in [2.24, 2.45) is 0 Å². The Morgan fingerprint density at radius 1 is 1.07 bits per heavy atom. The zero-order valence-corrected chi connectivity index (χ0v) is 18.5. The van der Waals surface area contributed by atoms with Crippen LogP contribution in [-0.4, -0.2) is 63.8 Å². The van der Waals surface area contributed by atoms with Gasteiger partial charge in [0.2, 0.25) is 0 Å². The molecule has 2 amide bonds. The van der Waals surface area contributed by atoms with Crippen LogP contribution in [0.3, 0.4) is 0 Å². The highest BCUT2D eigenvalue weighted by Gasteiger charge is 2.31. The van der Waals surface area contributed by atoms with E-state index in [0.29, 0.717) is 36.6 Å². The van der Waals surface area contributed by atoms with Gasteiger partial charge in [0, 0.05) is 31.0 Å². The van der Waals surface area contributed by atoms with E-state index in [-0.39, 0.29) is 15.0 Å². The van der Waals surface area contributed by atoms with Gasteiger partial charge in [-0.25, -0.2) is 18.4 Å². The van der Waals surface area contributed by atoms with Gasteiger partial charge in [0.1, 0.15) is 15.7 Å². The maximum Gasteiger partial charge on any atom is 0.282 e. The summed E-state index contributed by atoms with van der Waals surface area (Å²) in [5, 5.41) is 2.72. The van der Waals surface area contributed by atoms with Crippen molar-refractivity contribution >= 4 is 39.1 Å². The topological polar surface area (TPSA) is 93.2 Å². The third kappa shape index (κ3) is 4.65. The molecule has 0 spiro atoms. The van der Waals surface area contributed by atoms with Crippen molar-refractivity contribution < 1.29 is 27.5 Å². The molecule has 0 unspecified atom stereocenters. The van der Waals surface area contributed by atoms with Gasteiger partial charge in [-0.1, -0.05) is 0 Å². The lowest BCUT2D eigenvalue weighted by Gasteiger charge is -2.26. The van der Waals surface area contributed by atoms with Crippen LogP contribution in [0.2, 0.25) is 0 Å². The van der Waals surface area contributed by atoms with E-state index in [1.165, 1.54) is 35.3 Å². The molecule has 0 radical (unpaired) electrons. The summed E-state index contributed by atoms with van der Waals surface area (Å²) in [6.45, 7) is 0.779. The molecule has 0 aliphatic carbocycles. The summed E-state index contributed by atoms with van der Waals surface area (Å²) in [5.74, 6) is 0.458. The number of sulfone groups is 1. The highest BCUT2D eigenvalue weighted by atomic mass is 32.2. The Morgan fingerprint density at radius 3 is 2.43 bits per heavy atom. The van der Waals surface area contributed by atoms with Crippen LogP contribution in [0.4, 0.5) is 0 Å². The molecule has 0 N–H and O–H groups in total. The van der Waals surface area contributed by atoms with Gasteiger partial charge in [0.15, 0.2) is 9.84 Å². The molecule has 1 aromatic carbocycles. The van der Waals surface area contributed by atoms with Crippen molar-refractivity contribution in [3.05, 3.63) is 46.8 Å². The van der Waals surface area contributed by atoms with Gasteiger partial charge in [-0.15, -0.1) is 11.3 Å². The van der Waals surface area contributed by atoms with Crippen molar-refractivity contribution in [2.45, 2.75) is 10.6 Å². The number of hydrazine groups is 1. The smallest absolute Gasteiger partial charge is 0.282 e. The van der Waals surface area contributed by atoms with E-state index >= 15 is 0 Å². The predicted molar refractivity (Wildman–Crippen MR) is 113 cm³/mol. The first-order valence-corrected chi connectivity index (χ1v) is 11.8. The second-order valence-corrected chi connectivity index (χ2v) is 9.90. The Bertz CT molecular complexity index is 1090. The fraction of sp³-hybridized carbons (Fsp3) is 0.300. The molecule has 1 aliphatic rings. The Hall–Kier alpha value is -2.85. The minimum atomic E-state index is -3.39. The normalized spacial score (nSPS) is 14.4. The number of ether oxygens (including phenoxy) is 2. The molecule has 1 fully saturated rings. The zero-order valence-electron chi connectivity index (χ0n) is 16.8. The fourth-order valence-electron chi connectivity index (χ4n) is 3.03. The maximum absolute atomic E-state index is 12.8. The number of carbonyl (C=O) groups excluding carboxylic acids is 2. The molecular weight excluding hydrogens is 428 g/mol. The van der Waals surface area contributed by atoms with Crippen LogP contribution in [0.15, 0.2) is 40.6 Å². The quantitative estimate of drug-likeness (QED) is 0.628. The number of hydrogen-bond donors (Lipinski definition) is 0. The van der Waals surface area contributed by atoms with E-state index in [1.54, 1.807) is 31.4 Å². The molecule has 2 heterocycles. The van der Waals surface area contributed by atoms with Crippen LogP contribution in [0, 0.1) is 0 Å². The molecule has 2 aromatic rings. The van der Waals surface area contributed by atoms with Crippen LogP contribution in [0.1, 0.15) is 21.7 Å². The molecule has 1 aromatic heterocycles. The number of hydrogen-bond acceptors (Lipinski definition) is 7. The van der Waals surface area contributed by atoms with Crippen LogP contribution < -0.4 is 9.47 Å². The lowest BCUT2D eigenvalue weighted by atomic mass is 10.1. The van der Waals surface area contributed by atoms with E-state index in [0.717, 1.165) is 17.6 Å². The van der Waals surface area contributed by atoms with Crippen molar-refractivity contribution in [3.8, 4) is 11.5 Å². The van der Waals surface area contributed by atoms with Crippen LogP contribution >= 0.6 is 11.3 Å².